The highest BCUT2D eigenvalue weighted by Gasteiger charge is 2.24. The van der Waals surface area contributed by atoms with Crippen LogP contribution < -0.4 is 20.7 Å². The van der Waals surface area contributed by atoms with Gasteiger partial charge in [0.15, 0.2) is 5.13 Å². The molecule has 0 bridgehead atoms. The molecule has 0 saturated carbocycles. The second kappa shape index (κ2) is 18.2. The highest BCUT2D eigenvalue weighted by Crippen LogP contribution is 2.38. The Morgan fingerprint density at radius 2 is 1.47 bits per heavy atom. The van der Waals surface area contributed by atoms with Crippen molar-refractivity contribution >= 4 is 69.1 Å². The van der Waals surface area contributed by atoms with Gasteiger partial charge in [-0.2, -0.15) is 0 Å². The van der Waals surface area contributed by atoms with Crippen molar-refractivity contribution in [3.63, 3.8) is 0 Å². The summed E-state index contributed by atoms with van der Waals surface area (Å²) >= 11 is 4.33. The first-order valence-electron chi connectivity index (χ1n) is 17.2. The minimum Gasteiger partial charge on any atom is -0.489 e. The van der Waals surface area contributed by atoms with E-state index in [1.807, 2.05) is 126 Å². The summed E-state index contributed by atoms with van der Waals surface area (Å²) in [6.07, 6.45) is 1.62. The zero-order valence-corrected chi connectivity index (χ0v) is 31.7. The number of hydrogen-bond donors (Lipinski definition) is 3. The van der Waals surface area contributed by atoms with E-state index in [1.54, 1.807) is 53.8 Å². The summed E-state index contributed by atoms with van der Waals surface area (Å²) in [5, 5.41) is 12.6. The molecule has 8 nitrogen and oxygen atoms in total. The number of benzene rings is 5. The van der Waals surface area contributed by atoms with Crippen LogP contribution in [0.4, 0.5) is 10.8 Å². The fraction of sp³-hybridized carbons (Fsp3) is 0.0455. The van der Waals surface area contributed by atoms with Crippen LogP contribution in [0.3, 0.4) is 0 Å². The van der Waals surface area contributed by atoms with Crippen LogP contribution in [0.15, 0.2) is 173 Å². The number of aromatic nitrogens is 1. The molecule has 55 heavy (non-hydrogen) atoms. The molecule has 0 fully saturated rings. The normalized spacial score (nSPS) is 11.7. The Hall–Kier alpha value is -6.27. The molecule has 2 aromatic heterocycles. The van der Waals surface area contributed by atoms with Crippen molar-refractivity contribution in [1.29, 1.82) is 0 Å². The lowest BCUT2D eigenvalue weighted by Crippen LogP contribution is -2.30. The highest BCUT2D eigenvalue weighted by molar-refractivity contribution is 8.00. The number of rotatable bonds is 14. The first kappa shape index (κ1) is 37.1. The summed E-state index contributed by atoms with van der Waals surface area (Å²) < 4.78 is 5.93. The number of thioether (sulfide) groups is 1. The van der Waals surface area contributed by atoms with Crippen LogP contribution in [0.5, 0.6) is 5.75 Å². The van der Waals surface area contributed by atoms with Crippen molar-refractivity contribution in [2.45, 2.75) is 16.8 Å². The van der Waals surface area contributed by atoms with E-state index in [2.05, 4.69) is 20.9 Å². The average Bonchev–Trinajstić information content (AvgIpc) is 3.94. The quantitative estimate of drug-likeness (QED) is 0.0749. The van der Waals surface area contributed by atoms with E-state index < -0.39 is 17.1 Å². The molecule has 3 N–H and O–H groups in total. The summed E-state index contributed by atoms with van der Waals surface area (Å²) in [7, 11) is 0. The Kier molecular flexibility index (Phi) is 12.2. The van der Waals surface area contributed by atoms with Crippen molar-refractivity contribution in [1.82, 2.24) is 10.3 Å². The zero-order chi connectivity index (χ0) is 37.8. The van der Waals surface area contributed by atoms with Gasteiger partial charge in [-0.3, -0.25) is 14.4 Å². The number of amides is 3. The summed E-state index contributed by atoms with van der Waals surface area (Å²) in [5.74, 6) is -0.484. The largest absolute Gasteiger partial charge is 0.489 e. The van der Waals surface area contributed by atoms with Crippen LogP contribution in [0, 0.1) is 0 Å². The third kappa shape index (κ3) is 10.2. The van der Waals surface area contributed by atoms with E-state index in [-0.39, 0.29) is 11.6 Å². The second-order valence-electron chi connectivity index (χ2n) is 12.1. The number of carbonyl (C=O) groups excluding carboxylic acids is 3. The summed E-state index contributed by atoms with van der Waals surface area (Å²) in [6.45, 7) is 0.424. The van der Waals surface area contributed by atoms with Gasteiger partial charge in [0.2, 0.25) is 5.91 Å². The van der Waals surface area contributed by atoms with E-state index >= 15 is 0 Å². The standard InChI is InChI=1S/C44H34N4O4S3/c49-41(33-16-8-3-9-17-33)46-37(26-30-21-23-35(24-22-30)52-28-31-12-4-1-5-13-31)42(50)45-34-18-10-19-36(27-34)55-40(32-14-6-2-7-15-32)43(51)48-44-47-38(29-54-44)39-20-11-25-53-39/h1-27,29,40H,28H2,(H,45,50)(H,46,49)(H,47,48,51)/b37-26-. The first-order chi connectivity index (χ1) is 27.0. The maximum atomic E-state index is 13.9. The van der Waals surface area contributed by atoms with Crippen molar-refractivity contribution in [3.8, 4) is 16.3 Å². The first-order valence-corrected chi connectivity index (χ1v) is 19.9. The van der Waals surface area contributed by atoms with Gasteiger partial charge in [0, 0.05) is 21.5 Å². The van der Waals surface area contributed by atoms with Gasteiger partial charge in [0.05, 0.1) is 10.6 Å². The number of ether oxygens (including phenoxy) is 1. The van der Waals surface area contributed by atoms with Gasteiger partial charge in [0.1, 0.15) is 23.3 Å². The fourth-order valence-electron chi connectivity index (χ4n) is 5.43. The second-order valence-corrected chi connectivity index (χ2v) is 15.1. The van der Waals surface area contributed by atoms with Crippen LogP contribution in [0.25, 0.3) is 16.6 Å². The molecule has 7 aromatic rings. The number of thiazole rings is 1. The van der Waals surface area contributed by atoms with Gasteiger partial charge in [-0.05, 0) is 76.7 Å². The van der Waals surface area contributed by atoms with Crippen LogP contribution >= 0.6 is 34.4 Å². The summed E-state index contributed by atoms with van der Waals surface area (Å²) in [5.41, 5.74) is 4.34. The van der Waals surface area contributed by atoms with E-state index in [0.29, 0.717) is 34.3 Å². The van der Waals surface area contributed by atoms with Crippen LogP contribution in [0.2, 0.25) is 0 Å². The SMILES string of the molecule is O=C(Nc1cccc(SC(C(=O)Nc2nc(-c3cccs3)cs2)c2ccccc2)c1)/C(=C/c1ccc(OCc2ccccc2)cc1)NC(=O)c1ccccc1. The molecule has 5 aromatic carbocycles. The molecular weight excluding hydrogens is 745 g/mol. The molecule has 1 atom stereocenters. The van der Waals surface area contributed by atoms with E-state index in [1.165, 1.54) is 23.1 Å². The lowest BCUT2D eigenvalue weighted by Gasteiger charge is -2.17. The Bertz CT molecular complexity index is 2380. The van der Waals surface area contributed by atoms with Gasteiger partial charge in [-0.15, -0.1) is 34.4 Å². The van der Waals surface area contributed by atoms with E-state index in [9.17, 15) is 14.4 Å². The van der Waals surface area contributed by atoms with Crippen molar-refractivity contribution in [2.24, 2.45) is 0 Å². The monoisotopic (exact) mass is 778 g/mol. The predicted molar refractivity (Wildman–Crippen MR) is 223 cm³/mol. The number of carbonyl (C=O) groups is 3. The molecule has 0 spiro atoms. The molecule has 7 rings (SSSR count). The van der Waals surface area contributed by atoms with Crippen molar-refractivity contribution in [2.75, 3.05) is 10.6 Å². The lowest BCUT2D eigenvalue weighted by molar-refractivity contribution is -0.116. The van der Waals surface area contributed by atoms with Crippen molar-refractivity contribution in [3.05, 3.63) is 190 Å². The third-order valence-electron chi connectivity index (χ3n) is 8.16. The van der Waals surface area contributed by atoms with Crippen molar-refractivity contribution < 1.29 is 19.1 Å². The molecule has 0 aliphatic carbocycles. The molecule has 1 unspecified atom stereocenters. The molecular formula is C44H34N4O4S3. The molecule has 272 valence electrons. The molecule has 0 aliphatic rings. The molecule has 2 heterocycles. The molecule has 0 radical (unpaired) electrons. The smallest absolute Gasteiger partial charge is 0.272 e. The highest BCUT2D eigenvalue weighted by atomic mass is 32.2. The number of anilines is 2. The lowest BCUT2D eigenvalue weighted by atomic mass is 10.1. The molecule has 11 heteroatoms. The average molecular weight is 779 g/mol. The van der Waals surface area contributed by atoms with Gasteiger partial charge >= 0.3 is 0 Å². The molecule has 3 amide bonds. The Balaban J connectivity index is 1.08. The minimum absolute atomic E-state index is 0.0526. The molecule has 0 saturated heterocycles. The number of nitrogens with one attached hydrogen (secondary N) is 3. The Morgan fingerprint density at radius 3 is 2.20 bits per heavy atom. The van der Waals surface area contributed by atoms with Crippen LogP contribution in [0.1, 0.15) is 32.3 Å². The third-order valence-corrected chi connectivity index (χ3v) is 11.1. The maximum absolute atomic E-state index is 13.9. The minimum atomic E-state index is -0.610. The predicted octanol–water partition coefficient (Wildman–Crippen LogP) is 10.3. The maximum Gasteiger partial charge on any atom is 0.272 e. The van der Waals surface area contributed by atoms with Gasteiger partial charge in [-0.1, -0.05) is 103 Å². The van der Waals surface area contributed by atoms with Gasteiger partial charge in [0.25, 0.3) is 11.8 Å². The van der Waals surface area contributed by atoms with E-state index in [0.717, 1.165) is 26.6 Å². The Labute approximate surface area is 331 Å². The number of thiophene rings is 1. The summed E-state index contributed by atoms with van der Waals surface area (Å²) in [4.78, 5) is 47.3. The molecule has 0 aliphatic heterocycles. The fourth-order valence-corrected chi connectivity index (χ4v) is 7.99. The van der Waals surface area contributed by atoms with Crippen LogP contribution in [-0.4, -0.2) is 22.7 Å². The number of hydrogen-bond acceptors (Lipinski definition) is 8. The number of nitrogens with zero attached hydrogens (tertiary/aromatic N) is 1. The topological polar surface area (TPSA) is 109 Å². The van der Waals surface area contributed by atoms with Gasteiger partial charge < -0.3 is 20.7 Å². The summed E-state index contributed by atoms with van der Waals surface area (Å²) in [6, 6.07) is 46.6. The van der Waals surface area contributed by atoms with E-state index in [4.69, 9.17) is 4.74 Å². The van der Waals surface area contributed by atoms with Crippen LogP contribution in [-0.2, 0) is 16.2 Å². The van der Waals surface area contributed by atoms with Gasteiger partial charge in [-0.25, -0.2) is 4.98 Å². The Morgan fingerprint density at radius 1 is 0.745 bits per heavy atom. The zero-order valence-electron chi connectivity index (χ0n) is 29.3.